The molecule has 0 aromatic rings. The molecule has 0 rings (SSSR count). The number of hydrogen-bond donors (Lipinski definition) is 0. The summed E-state index contributed by atoms with van der Waals surface area (Å²) in [5.41, 5.74) is -0.0190. The molecule has 0 aromatic heterocycles. The Balaban J connectivity index is 3.89. The van der Waals surface area contributed by atoms with Crippen LogP contribution in [-0.4, -0.2) is 13.1 Å². The zero-order valence-electron chi connectivity index (χ0n) is 7.52. The Labute approximate surface area is 68.2 Å². The van der Waals surface area contributed by atoms with Crippen LogP contribution in [0.25, 0.3) is 0 Å². The first-order valence-corrected chi connectivity index (χ1v) is 3.69. The highest BCUT2D eigenvalue weighted by Crippen LogP contribution is 2.25. The van der Waals surface area contributed by atoms with Gasteiger partial charge in [-0.25, -0.2) is 0 Å². The van der Waals surface area contributed by atoms with Crippen molar-refractivity contribution in [1.29, 1.82) is 0 Å². The van der Waals surface area contributed by atoms with E-state index in [1.807, 2.05) is 19.9 Å². The largest absolute Gasteiger partial charge is 0.469 e. The smallest absolute Gasteiger partial charge is 0.306 e. The van der Waals surface area contributed by atoms with Crippen LogP contribution < -0.4 is 0 Å². The topological polar surface area (TPSA) is 26.3 Å². The quantitative estimate of drug-likeness (QED) is 0.460. The summed E-state index contributed by atoms with van der Waals surface area (Å²) >= 11 is 0. The molecular formula is C9H16O2. The Morgan fingerprint density at radius 2 is 2.18 bits per heavy atom. The molecule has 0 N–H and O–H groups in total. The van der Waals surface area contributed by atoms with Crippen LogP contribution in [0.3, 0.4) is 0 Å². The van der Waals surface area contributed by atoms with Gasteiger partial charge in [0.1, 0.15) is 0 Å². The highest BCUT2D eigenvalue weighted by molar-refractivity contribution is 5.69. The number of carbonyl (C=O) groups is 1. The van der Waals surface area contributed by atoms with Gasteiger partial charge in [0.15, 0.2) is 0 Å². The first-order chi connectivity index (χ1) is 5.02. The van der Waals surface area contributed by atoms with Crippen molar-refractivity contribution in [3.8, 4) is 0 Å². The van der Waals surface area contributed by atoms with Gasteiger partial charge >= 0.3 is 5.97 Å². The molecule has 11 heavy (non-hydrogen) atoms. The molecule has 0 radical (unpaired) electrons. The third-order valence-electron chi connectivity index (χ3n) is 1.55. The molecule has 0 saturated carbocycles. The van der Waals surface area contributed by atoms with Crippen molar-refractivity contribution in [2.75, 3.05) is 7.11 Å². The second-order valence-electron chi connectivity index (χ2n) is 3.41. The van der Waals surface area contributed by atoms with E-state index in [0.717, 1.165) is 6.42 Å². The Morgan fingerprint density at radius 3 is 2.55 bits per heavy atom. The van der Waals surface area contributed by atoms with Crippen LogP contribution in [0.4, 0.5) is 0 Å². The predicted molar refractivity (Wildman–Crippen MR) is 45.2 cm³/mol. The van der Waals surface area contributed by atoms with Crippen LogP contribution in [0.1, 0.15) is 26.7 Å². The third kappa shape index (κ3) is 4.59. The van der Waals surface area contributed by atoms with Gasteiger partial charge in [-0.2, -0.15) is 0 Å². The minimum atomic E-state index is -0.156. The Bertz CT molecular complexity index is 148. The van der Waals surface area contributed by atoms with Crippen LogP contribution in [0, 0.1) is 5.41 Å². The van der Waals surface area contributed by atoms with Crippen molar-refractivity contribution >= 4 is 5.97 Å². The summed E-state index contributed by atoms with van der Waals surface area (Å²) in [4.78, 5) is 10.8. The molecule has 0 fully saturated rings. The van der Waals surface area contributed by atoms with E-state index in [1.165, 1.54) is 7.11 Å². The highest BCUT2D eigenvalue weighted by atomic mass is 16.5. The Kier molecular flexibility index (Phi) is 3.86. The average Bonchev–Trinajstić information content (AvgIpc) is 1.86. The predicted octanol–water partition coefficient (Wildman–Crippen LogP) is 2.15. The maximum atomic E-state index is 10.8. The summed E-state index contributed by atoms with van der Waals surface area (Å²) in [6.45, 7) is 7.67. The van der Waals surface area contributed by atoms with Crippen molar-refractivity contribution in [1.82, 2.24) is 0 Å². The number of allylic oxidation sites excluding steroid dienone is 1. The number of hydrogen-bond acceptors (Lipinski definition) is 2. The summed E-state index contributed by atoms with van der Waals surface area (Å²) in [7, 11) is 1.41. The molecule has 2 heteroatoms. The molecule has 0 aliphatic heterocycles. The van der Waals surface area contributed by atoms with Gasteiger partial charge in [-0.05, 0) is 11.8 Å². The van der Waals surface area contributed by atoms with Gasteiger partial charge in [-0.1, -0.05) is 19.9 Å². The molecular weight excluding hydrogens is 140 g/mol. The van der Waals surface area contributed by atoms with Gasteiger partial charge in [-0.15, -0.1) is 6.58 Å². The van der Waals surface area contributed by atoms with E-state index in [2.05, 4.69) is 11.3 Å². The molecule has 64 valence electrons. The van der Waals surface area contributed by atoms with Crippen molar-refractivity contribution in [3.63, 3.8) is 0 Å². The minimum Gasteiger partial charge on any atom is -0.469 e. The first kappa shape index (κ1) is 10.2. The van der Waals surface area contributed by atoms with E-state index >= 15 is 0 Å². The maximum absolute atomic E-state index is 10.8. The standard InChI is InChI=1S/C9H16O2/c1-5-6-9(2,3)7-8(10)11-4/h5H,1,6-7H2,2-4H3. The molecule has 0 aliphatic rings. The fourth-order valence-corrected chi connectivity index (χ4v) is 0.926. The number of carbonyl (C=O) groups excluding carboxylic acids is 1. The Morgan fingerprint density at radius 1 is 1.64 bits per heavy atom. The van der Waals surface area contributed by atoms with Gasteiger partial charge in [0.05, 0.1) is 13.5 Å². The lowest BCUT2D eigenvalue weighted by molar-refractivity contribution is -0.142. The van der Waals surface area contributed by atoms with Gasteiger partial charge < -0.3 is 4.74 Å². The number of methoxy groups -OCH3 is 1. The van der Waals surface area contributed by atoms with Gasteiger partial charge in [0.2, 0.25) is 0 Å². The van der Waals surface area contributed by atoms with Crippen LogP contribution in [0.2, 0.25) is 0 Å². The average molecular weight is 156 g/mol. The highest BCUT2D eigenvalue weighted by Gasteiger charge is 2.20. The molecule has 0 saturated heterocycles. The summed E-state index contributed by atoms with van der Waals surface area (Å²) < 4.78 is 4.56. The van der Waals surface area contributed by atoms with Crippen LogP contribution in [0.5, 0.6) is 0 Å². The Hall–Kier alpha value is -0.790. The lowest BCUT2D eigenvalue weighted by Crippen LogP contribution is -2.17. The molecule has 0 heterocycles. The molecule has 0 aliphatic carbocycles. The summed E-state index contributed by atoms with van der Waals surface area (Å²) in [6, 6.07) is 0. The zero-order valence-corrected chi connectivity index (χ0v) is 7.52. The van der Waals surface area contributed by atoms with E-state index in [4.69, 9.17) is 0 Å². The van der Waals surface area contributed by atoms with E-state index in [-0.39, 0.29) is 11.4 Å². The molecule has 0 bridgehead atoms. The number of ether oxygens (including phenoxy) is 1. The number of esters is 1. The molecule has 0 aromatic carbocycles. The third-order valence-corrected chi connectivity index (χ3v) is 1.55. The minimum absolute atomic E-state index is 0.0190. The van der Waals surface area contributed by atoms with E-state index in [1.54, 1.807) is 0 Å². The van der Waals surface area contributed by atoms with Gasteiger partial charge in [0.25, 0.3) is 0 Å². The van der Waals surface area contributed by atoms with Crippen molar-refractivity contribution in [2.45, 2.75) is 26.7 Å². The molecule has 0 unspecified atom stereocenters. The van der Waals surface area contributed by atoms with E-state index < -0.39 is 0 Å². The molecule has 0 atom stereocenters. The van der Waals surface area contributed by atoms with Gasteiger partial charge in [0, 0.05) is 0 Å². The van der Waals surface area contributed by atoms with Crippen LogP contribution in [0.15, 0.2) is 12.7 Å². The molecule has 0 spiro atoms. The fourth-order valence-electron chi connectivity index (χ4n) is 0.926. The normalized spacial score (nSPS) is 10.8. The fraction of sp³-hybridized carbons (Fsp3) is 0.667. The monoisotopic (exact) mass is 156 g/mol. The number of rotatable bonds is 4. The lowest BCUT2D eigenvalue weighted by atomic mass is 9.86. The second kappa shape index (κ2) is 4.16. The van der Waals surface area contributed by atoms with Crippen LogP contribution >= 0.6 is 0 Å². The second-order valence-corrected chi connectivity index (χ2v) is 3.41. The van der Waals surface area contributed by atoms with Crippen molar-refractivity contribution in [2.24, 2.45) is 5.41 Å². The lowest BCUT2D eigenvalue weighted by Gasteiger charge is -2.20. The maximum Gasteiger partial charge on any atom is 0.306 e. The SMILES string of the molecule is C=CCC(C)(C)CC(=O)OC. The summed E-state index contributed by atoms with van der Waals surface area (Å²) in [5.74, 6) is -0.156. The molecule has 2 nitrogen and oxygen atoms in total. The van der Waals surface area contributed by atoms with E-state index in [9.17, 15) is 4.79 Å². The van der Waals surface area contributed by atoms with Crippen molar-refractivity contribution in [3.05, 3.63) is 12.7 Å². The molecule has 0 amide bonds. The van der Waals surface area contributed by atoms with Crippen molar-refractivity contribution < 1.29 is 9.53 Å². The summed E-state index contributed by atoms with van der Waals surface area (Å²) in [5, 5.41) is 0. The van der Waals surface area contributed by atoms with E-state index in [0.29, 0.717) is 6.42 Å². The summed E-state index contributed by atoms with van der Waals surface area (Å²) in [6.07, 6.45) is 3.11. The zero-order chi connectivity index (χ0) is 8.91. The van der Waals surface area contributed by atoms with Crippen LogP contribution in [-0.2, 0) is 9.53 Å². The van der Waals surface area contributed by atoms with Gasteiger partial charge in [-0.3, -0.25) is 4.79 Å². The first-order valence-electron chi connectivity index (χ1n) is 3.69.